The van der Waals surface area contributed by atoms with Crippen molar-refractivity contribution in [3.8, 4) is 0 Å². The lowest BCUT2D eigenvalue weighted by Crippen LogP contribution is -2.18. The molecular formula is C13H18Cl2F3N. The van der Waals surface area contributed by atoms with Crippen molar-refractivity contribution in [3.05, 3.63) is 34.3 Å². The van der Waals surface area contributed by atoms with E-state index >= 15 is 0 Å². The topological polar surface area (TPSA) is 26.0 Å². The van der Waals surface area contributed by atoms with E-state index in [1.165, 1.54) is 12.1 Å². The molecule has 0 bridgehead atoms. The fraction of sp³-hybridized carbons (Fsp3) is 0.538. The van der Waals surface area contributed by atoms with Crippen molar-refractivity contribution < 1.29 is 13.2 Å². The van der Waals surface area contributed by atoms with Gasteiger partial charge in [-0.2, -0.15) is 13.2 Å². The van der Waals surface area contributed by atoms with Crippen molar-refractivity contribution in [1.29, 1.82) is 0 Å². The maximum absolute atomic E-state index is 12.9. The largest absolute Gasteiger partial charge is 0.416 e. The number of halogens is 5. The van der Waals surface area contributed by atoms with Gasteiger partial charge in [0.25, 0.3) is 0 Å². The summed E-state index contributed by atoms with van der Waals surface area (Å²) >= 11 is 5.86. The molecule has 0 fully saturated rings. The number of alkyl halides is 3. The fourth-order valence-electron chi connectivity index (χ4n) is 1.92. The molecular weight excluding hydrogens is 298 g/mol. The van der Waals surface area contributed by atoms with Crippen LogP contribution in [-0.4, -0.2) is 0 Å². The van der Waals surface area contributed by atoms with Crippen LogP contribution in [0.3, 0.4) is 0 Å². The second kappa shape index (κ2) is 7.98. The van der Waals surface area contributed by atoms with E-state index in [0.717, 1.165) is 25.3 Å². The van der Waals surface area contributed by atoms with E-state index in [4.69, 9.17) is 17.3 Å². The Morgan fingerprint density at radius 2 is 1.89 bits per heavy atom. The molecule has 0 aliphatic carbocycles. The van der Waals surface area contributed by atoms with E-state index in [2.05, 4.69) is 0 Å². The first kappa shape index (κ1) is 18.6. The number of unbranched alkanes of at least 4 members (excludes halogenated alkanes) is 2. The third kappa shape index (κ3) is 5.21. The molecule has 0 spiro atoms. The Hall–Kier alpha value is -0.450. The summed E-state index contributed by atoms with van der Waals surface area (Å²) < 4.78 is 38.6. The lowest BCUT2D eigenvalue weighted by molar-refractivity contribution is -0.138. The Bertz CT molecular complexity index is 394. The van der Waals surface area contributed by atoms with Crippen molar-refractivity contribution in [2.24, 2.45) is 5.73 Å². The minimum absolute atomic E-state index is 0. The van der Waals surface area contributed by atoms with Crippen LogP contribution in [0.4, 0.5) is 13.2 Å². The van der Waals surface area contributed by atoms with Crippen LogP contribution < -0.4 is 5.73 Å². The van der Waals surface area contributed by atoms with Gasteiger partial charge in [-0.1, -0.05) is 43.9 Å². The highest BCUT2D eigenvalue weighted by Gasteiger charge is 2.35. The van der Waals surface area contributed by atoms with Gasteiger partial charge in [-0.3, -0.25) is 0 Å². The van der Waals surface area contributed by atoms with E-state index < -0.39 is 17.8 Å². The van der Waals surface area contributed by atoms with E-state index in [9.17, 15) is 13.2 Å². The third-order valence-corrected chi connectivity index (χ3v) is 3.18. The third-order valence-electron chi connectivity index (χ3n) is 2.85. The molecule has 6 heteroatoms. The second-order valence-electron chi connectivity index (χ2n) is 4.30. The van der Waals surface area contributed by atoms with Gasteiger partial charge >= 0.3 is 6.18 Å². The Morgan fingerprint density at radius 3 is 2.42 bits per heavy atom. The van der Waals surface area contributed by atoms with Crippen molar-refractivity contribution in [1.82, 2.24) is 0 Å². The van der Waals surface area contributed by atoms with Gasteiger partial charge in [0.2, 0.25) is 0 Å². The highest BCUT2D eigenvalue weighted by molar-refractivity contribution is 6.31. The molecule has 0 radical (unpaired) electrons. The molecule has 1 aromatic rings. The van der Waals surface area contributed by atoms with E-state index in [1.807, 2.05) is 6.92 Å². The molecule has 0 aliphatic heterocycles. The van der Waals surface area contributed by atoms with Crippen molar-refractivity contribution >= 4 is 24.0 Å². The molecule has 0 unspecified atom stereocenters. The van der Waals surface area contributed by atoms with Crippen molar-refractivity contribution in [3.63, 3.8) is 0 Å². The number of hydrogen-bond donors (Lipinski definition) is 1. The Balaban J connectivity index is 0.00000324. The van der Waals surface area contributed by atoms with Gasteiger partial charge in [-0.25, -0.2) is 0 Å². The van der Waals surface area contributed by atoms with E-state index in [1.54, 1.807) is 0 Å². The van der Waals surface area contributed by atoms with Crippen LogP contribution >= 0.6 is 24.0 Å². The summed E-state index contributed by atoms with van der Waals surface area (Å²) in [5.41, 5.74) is 5.14. The summed E-state index contributed by atoms with van der Waals surface area (Å²) in [7, 11) is 0. The molecule has 0 aromatic heterocycles. The summed E-state index contributed by atoms with van der Waals surface area (Å²) in [4.78, 5) is 0. The Morgan fingerprint density at radius 1 is 1.26 bits per heavy atom. The van der Waals surface area contributed by atoms with E-state index in [0.29, 0.717) is 6.42 Å². The first-order chi connectivity index (χ1) is 8.38. The zero-order valence-electron chi connectivity index (χ0n) is 10.6. The van der Waals surface area contributed by atoms with Gasteiger partial charge in [0, 0.05) is 11.1 Å². The molecule has 1 nitrogen and oxygen atoms in total. The molecule has 0 aliphatic rings. The van der Waals surface area contributed by atoms with Gasteiger partial charge < -0.3 is 5.73 Å². The second-order valence-corrected chi connectivity index (χ2v) is 4.71. The standard InChI is InChI=1S/C13H17ClF3N.ClH/c1-2-3-4-8-11(18)12-9(13(15,16)17)6-5-7-10(12)14;/h5-7,11H,2-4,8,18H2,1H3;1H/t11-;/m0./s1. The monoisotopic (exact) mass is 315 g/mol. The lowest BCUT2D eigenvalue weighted by atomic mass is 9.96. The van der Waals surface area contributed by atoms with Crippen LogP contribution in [0.25, 0.3) is 0 Å². The lowest BCUT2D eigenvalue weighted by Gasteiger charge is -2.19. The summed E-state index contributed by atoms with van der Waals surface area (Å²) in [5.74, 6) is 0. The summed E-state index contributed by atoms with van der Waals surface area (Å²) in [6.45, 7) is 2.03. The molecule has 0 saturated heterocycles. The zero-order valence-corrected chi connectivity index (χ0v) is 12.2. The van der Waals surface area contributed by atoms with Crippen LogP contribution in [-0.2, 0) is 6.18 Å². The first-order valence-corrected chi connectivity index (χ1v) is 6.37. The van der Waals surface area contributed by atoms with Crippen LogP contribution in [0.2, 0.25) is 5.02 Å². The summed E-state index contributed by atoms with van der Waals surface area (Å²) in [6, 6.07) is 3.11. The number of hydrogen-bond acceptors (Lipinski definition) is 1. The van der Waals surface area contributed by atoms with Crippen molar-refractivity contribution in [2.75, 3.05) is 0 Å². The molecule has 110 valence electrons. The molecule has 1 aromatic carbocycles. The van der Waals surface area contributed by atoms with Crippen LogP contribution in [0.1, 0.15) is 49.8 Å². The number of benzene rings is 1. The Labute approximate surface area is 122 Å². The fourth-order valence-corrected chi connectivity index (χ4v) is 2.23. The highest BCUT2D eigenvalue weighted by atomic mass is 35.5. The minimum atomic E-state index is -4.41. The summed E-state index contributed by atoms with van der Waals surface area (Å²) in [6.07, 6.45) is -1.13. The maximum atomic E-state index is 12.9. The predicted octanol–water partition coefficient (Wildman–Crippen LogP) is 5.36. The summed E-state index contributed by atoms with van der Waals surface area (Å²) in [5, 5.41) is 0.0915. The number of nitrogens with two attached hydrogens (primary N) is 1. The van der Waals surface area contributed by atoms with Crippen LogP contribution in [0.5, 0.6) is 0 Å². The zero-order chi connectivity index (χ0) is 13.8. The molecule has 0 amide bonds. The van der Waals surface area contributed by atoms with Crippen molar-refractivity contribution in [2.45, 2.75) is 44.8 Å². The quantitative estimate of drug-likeness (QED) is 0.727. The molecule has 19 heavy (non-hydrogen) atoms. The molecule has 2 N–H and O–H groups in total. The maximum Gasteiger partial charge on any atom is 0.416 e. The normalized spacial score (nSPS) is 12.9. The molecule has 0 saturated carbocycles. The van der Waals surface area contributed by atoms with Gasteiger partial charge in [-0.15, -0.1) is 12.4 Å². The van der Waals surface area contributed by atoms with E-state index in [-0.39, 0.29) is 23.0 Å². The smallest absolute Gasteiger partial charge is 0.324 e. The van der Waals surface area contributed by atoms with Crippen LogP contribution in [0.15, 0.2) is 18.2 Å². The average molecular weight is 316 g/mol. The van der Waals surface area contributed by atoms with Crippen LogP contribution in [0, 0.1) is 0 Å². The molecule has 1 atom stereocenters. The Kier molecular flexibility index (Phi) is 7.79. The van der Waals surface area contributed by atoms with Gasteiger partial charge in [0.15, 0.2) is 0 Å². The molecule has 1 rings (SSSR count). The average Bonchev–Trinajstić information content (AvgIpc) is 2.27. The van der Waals surface area contributed by atoms with Gasteiger partial charge in [0.05, 0.1) is 5.56 Å². The van der Waals surface area contributed by atoms with Gasteiger partial charge in [0.1, 0.15) is 0 Å². The number of rotatable bonds is 5. The highest BCUT2D eigenvalue weighted by Crippen LogP contribution is 2.38. The first-order valence-electron chi connectivity index (χ1n) is 5.99. The minimum Gasteiger partial charge on any atom is -0.324 e. The van der Waals surface area contributed by atoms with Gasteiger partial charge in [-0.05, 0) is 24.1 Å². The predicted molar refractivity (Wildman–Crippen MR) is 74.8 cm³/mol. The molecule has 0 heterocycles. The SMILES string of the molecule is CCCCC[C@H](N)c1c(Cl)cccc1C(F)(F)F.Cl.